The topological polar surface area (TPSA) is 49.8 Å². The van der Waals surface area contributed by atoms with E-state index >= 15 is 0 Å². The van der Waals surface area contributed by atoms with Gasteiger partial charge in [0.2, 0.25) is 0 Å². The van der Waals surface area contributed by atoms with Crippen molar-refractivity contribution in [1.82, 2.24) is 0 Å². The molecule has 0 fully saturated rings. The summed E-state index contributed by atoms with van der Waals surface area (Å²) in [6, 6.07) is 11.4. The van der Waals surface area contributed by atoms with Crippen LogP contribution in [0.3, 0.4) is 0 Å². The molecule has 2 N–H and O–H groups in total. The Morgan fingerprint density at radius 3 is 2.55 bits per heavy atom. The maximum Gasteiger partial charge on any atom is 0.0968 e. The Balaban J connectivity index is 2.60. The van der Waals surface area contributed by atoms with E-state index in [0.29, 0.717) is 6.42 Å². The van der Waals surface area contributed by atoms with Crippen molar-refractivity contribution in [3.63, 3.8) is 0 Å². The molecule has 1 aromatic rings. The zero-order valence-corrected chi connectivity index (χ0v) is 6.20. The van der Waals surface area contributed by atoms with E-state index in [0.717, 1.165) is 5.56 Å². The van der Waals surface area contributed by atoms with E-state index in [1.807, 2.05) is 36.4 Å². The molecule has 1 atom stereocenters. The SMILES string of the molecule is N#C[C@@H](N)Cc1ccccc1. The van der Waals surface area contributed by atoms with Gasteiger partial charge in [0.25, 0.3) is 0 Å². The molecule has 0 bridgehead atoms. The highest BCUT2D eigenvalue weighted by molar-refractivity contribution is 5.17. The van der Waals surface area contributed by atoms with Crippen molar-refractivity contribution in [3.05, 3.63) is 35.9 Å². The van der Waals surface area contributed by atoms with Crippen molar-refractivity contribution in [2.75, 3.05) is 0 Å². The molecule has 0 saturated heterocycles. The van der Waals surface area contributed by atoms with Gasteiger partial charge in [0.1, 0.15) is 0 Å². The zero-order chi connectivity index (χ0) is 8.10. The van der Waals surface area contributed by atoms with E-state index in [-0.39, 0.29) is 6.04 Å². The van der Waals surface area contributed by atoms with Gasteiger partial charge in [-0.2, -0.15) is 5.26 Å². The van der Waals surface area contributed by atoms with Gasteiger partial charge >= 0.3 is 0 Å². The number of benzene rings is 1. The number of hydrogen-bond acceptors (Lipinski definition) is 2. The first-order valence-corrected chi connectivity index (χ1v) is 3.52. The number of rotatable bonds is 2. The molecule has 0 unspecified atom stereocenters. The normalized spacial score (nSPS) is 12.0. The summed E-state index contributed by atoms with van der Waals surface area (Å²) in [6.45, 7) is 0. The Kier molecular flexibility index (Phi) is 2.65. The minimum Gasteiger partial charge on any atom is -0.316 e. The Hall–Kier alpha value is -1.33. The van der Waals surface area contributed by atoms with Crippen LogP contribution in [0.4, 0.5) is 0 Å². The predicted molar refractivity (Wildman–Crippen MR) is 43.7 cm³/mol. The third kappa shape index (κ3) is 2.40. The molecule has 11 heavy (non-hydrogen) atoms. The minimum atomic E-state index is -0.377. The second kappa shape index (κ2) is 3.75. The molecule has 1 aromatic carbocycles. The Bertz CT molecular complexity index is 248. The van der Waals surface area contributed by atoms with Gasteiger partial charge in [0.05, 0.1) is 12.1 Å². The summed E-state index contributed by atoms with van der Waals surface area (Å²) in [6.07, 6.45) is 0.636. The average Bonchev–Trinajstić information content (AvgIpc) is 2.06. The highest BCUT2D eigenvalue weighted by Crippen LogP contribution is 2.00. The molecule has 56 valence electrons. The Labute approximate surface area is 66.3 Å². The third-order valence-corrected chi connectivity index (χ3v) is 1.46. The summed E-state index contributed by atoms with van der Waals surface area (Å²) in [7, 11) is 0. The molecule has 1 rings (SSSR count). The molecule has 2 nitrogen and oxygen atoms in total. The van der Waals surface area contributed by atoms with Crippen molar-refractivity contribution < 1.29 is 0 Å². The monoisotopic (exact) mass is 146 g/mol. The van der Waals surface area contributed by atoms with Crippen LogP contribution in [0.1, 0.15) is 5.56 Å². The fourth-order valence-electron chi connectivity index (χ4n) is 0.914. The van der Waals surface area contributed by atoms with Crippen molar-refractivity contribution in [2.24, 2.45) is 5.73 Å². The van der Waals surface area contributed by atoms with Crippen LogP contribution in [0.2, 0.25) is 0 Å². The van der Waals surface area contributed by atoms with Crippen LogP contribution in [0.25, 0.3) is 0 Å². The first kappa shape index (κ1) is 7.77. The molecule has 0 amide bonds. The van der Waals surface area contributed by atoms with Gasteiger partial charge in [-0.15, -0.1) is 0 Å². The summed E-state index contributed by atoms with van der Waals surface area (Å²) in [5.74, 6) is 0. The van der Waals surface area contributed by atoms with E-state index in [4.69, 9.17) is 11.0 Å². The van der Waals surface area contributed by atoms with Gasteiger partial charge in [0.15, 0.2) is 0 Å². The van der Waals surface area contributed by atoms with Gasteiger partial charge in [-0.25, -0.2) is 0 Å². The zero-order valence-electron chi connectivity index (χ0n) is 6.20. The first-order valence-electron chi connectivity index (χ1n) is 3.52. The lowest BCUT2D eigenvalue weighted by Gasteiger charge is -2.00. The van der Waals surface area contributed by atoms with Gasteiger partial charge in [-0.05, 0) is 5.56 Å². The molecule has 0 aliphatic heterocycles. The van der Waals surface area contributed by atoms with Crippen LogP contribution in [0.15, 0.2) is 30.3 Å². The standard InChI is InChI=1S/C9H10N2/c10-7-9(11)6-8-4-2-1-3-5-8/h1-5,9H,6,11H2/t9-/m0/s1. The summed E-state index contributed by atoms with van der Waals surface area (Å²) in [5.41, 5.74) is 6.56. The van der Waals surface area contributed by atoms with Gasteiger partial charge in [-0.1, -0.05) is 30.3 Å². The predicted octanol–water partition coefficient (Wildman–Crippen LogP) is 1.08. The van der Waals surface area contributed by atoms with Crippen LogP contribution in [-0.2, 0) is 6.42 Å². The number of hydrogen-bond donors (Lipinski definition) is 1. The lowest BCUT2D eigenvalue weighted by molar-refractivity contribution is 0.823. The van der Waals surface area contributed by atoms with Crippen molar-refractivity contribution in [2.45, 2.75) is 12.5 Å². The lowest BCUT2D eigenvalue weighted by atomic mass is 10.1. The van der Waals surface area contributed by atoms with Gasteiger partial charge in [0, 0.05) is 6.42 Å². The highest BCUT2D eigenvalue weighted by atomic mass is 14.6. The smallest absolute Gasteiger partial charge is 0.0968 e. The third-order valence-electron chi connectivity index (χ3n) is 1.46. The van der Waals surface area contributed by atoms with E-state index < -0.39 is 0 Å². The first-order chi connectivity index (χ1) is 5.33. The fraction of sp³-hybridized carbons (Fsp3) is 0.222. The van der Waals surface area contributed by atoms with Crippen molar-refractivity contribution in [3.8, 4) is 6.07 Å². The van der Waals surface area contributed by atoms with Gasteiger partial charge in [-0.3, -0.25) is 0 Å². The molecule has 0 heterocycles. The average molecular weight is 146 g/mol. The lowest BCUT2D eigenvalue weighted by Crippen LogP contribution is -2.19. The summed E-state index contributed by atoms with van der Waals surface area (Å²) >= 11 is 0. The molecule has 0 aliphatic carbocycles. The quantitative estimate of drug-likeness (QED) is 0.678. The van der Waals surface area contributed by atoms with Crippen LogP contribution in [-0.4, -0.2) is 6.04 Å². The summed E-state index contributed by atoms with van der Waals surface area (Å²) in [5, 5.41) is 8.42. The summed E-state index contributed by atoms with van der Waals surface area (Å²) < 4.78 is 0. The van der Waals surface area contributed by atoms with E-state index in [1.54, 1.807) is 0 Å². The molecule has 0 radical (unpaired) electrons. The molecule has 0 spiro atoms. The van der Waals surface area contributed by atoms with Crippen molar-refractivity contribution in [1.29, 1.82) is 5.26 Å². The Morgan fingerprint density at radius 1 is 1.36 bits per heavy atom. The summed E-state index contributed by atoms with van der Waals surface area (Å²) in [4.78, 5) is 0. The van der Waals surface area contributed by atoms with Crippen molar-refractivity contribution >= 4 is 0 Å². The second-order valence-corrected chi connectivity index (χ2v) is 2.43. The van der Waals surface area contributed by atoms with Crippen LogP contribution < -0.4 is 5.73 Å². The van der Waals surface area contributed by atoms with Crippen LogP contribution >= 0.6 is 0 Å². The maximum absolute atomic E-state index is 8.42. The van der Waals surface area contributed by atoms with E-state index in [9.17, 15) is 0 Å². The molecular weight excluding hydrogens is 136 g/mol. The fourth-order valence-corrected chi connectivity index (χ4v) is 0.914. The molecule has 0 aromatic heterocycles. The highest BCUT2D eigenvalue weighted by Gasteiger charge is 1.99. The second-order valence-electron chi connectivity index (χ2n) is 2.43. The van der Waals surface area contributed by atoms with Gasteiger partial charge < -0.3 is 5.73 Å². The largest absolute Gasteiger partial charge is 0.316 e. The van der Waals surface area contributed by atoms with E-state index in [2.05, 4.69) is 0 Å². The van der Waals surface area contributed by atoms with Crippen LogP contribution in [0, 0.1) is 11.3 Å². The molecule has 2 heteroatoms. The maximum atomic E-state index is 8.42. The number of nitriles is 1. The van der Waals surface area contributed by atoms with Crippen LogP contribution in [0.5, 0.6) is 0 Å². The van der Waals surface area contributed by atoms with E-state index in [1.165, 1.54) is 0 Å². The number of nitrogens with two attached hydrogens (primary N) is 1. The molecule has 0 saturated carbocycles. The molecular formula is C9H10N2. The Morgan fingerprint density at radius 2 is 2.00 bits per heavy atom. The minimum absolute atomic E-state index is 0.377. The number of nitrogens with zero attached hydrogens (tertiary/aromatic N) is 1. The molecule has 0 aliphatic rings.